The van der Waals surface area contributed by atoms with Crippen molar-refractivity contribution >= 4 is 0 Å². The van der Waals surface area contributed by atoms with Crippen molar-refractivity contribution in [1.82, 2.24) is 4.90 Å². The second kappa shape index (κ2) is 6.34. The number of methoxy groups -OCH3 is 1. The number of rotatable bonds is 5. The van der Waals surface area contributed by atoms with E-state index in [0.29, 0.717) is 6.54 Å². The van der Waals surface area contributed by atoms with Crippen molar-refractivity contribution in [2.45, 2.75) is 44.4 Å². The Morgan fingerprint density at radius 2 is 2.14 bits per heavy atom. The van der Waals surface area contributed by atoms with Gasteiger partial charge in [-0.3, -0.25) is 4.90 Å². The summed E-state index contributed by atoms with van der Waals surface area (Å²) in [7, 11) is 3.86. The van der Waals surface area contributed by atoms with Gasteiger partial charge in [0.1, 0.15) is 5.75 Å². The molecule has 2 N–H and O–H groups in total. The number of hydrogen-bond acceptors (Lipinski definition) is 4. The molecule has 1 fully saturated rings. The van der Waals surface area contributed by atoms with Crippen LogP contribution in [-0.2, 0) is 11.3 Å². The molecule has 0 aromatic heterocycles. The molecule has 21 heavy (non-hydrogen) atoms. The monoisotopic (exact) mass is 292 g/mol. The molecule has 1 unspecified atom stereocenters. The van der Waals surface area contributed by atoms with Crippen LogP contribution in [0.5, 0.6) is 5.75 Å². The van der Waals surface area contributed by atoms with Gasteiger partial charge in [-0.15, -0.1) is 0 Å². The van der Waals surface area contributed by atoms with Gasteiger partial charge in [0.15, 0.2) is 0 Å². The number of nitrogens with zero attached hydrogens (tertiary/aromatic N) is 1. The number of nitrogens with two attached hydrogens (primary N) is 1. The minimum absolute atomic E-state index is 0.00479. The summed E-state index contributed by atoms with van der Waals surface area (Å²) in [6.07, 6.45) is 1.93. The minimum Gasteiger partial charge on any atom is -0.497 e. The summed E-state index contributed by atoms with van der Waals surface area (Å²) >= 11 is 0. The summed E-state index contributed by atoms with van der Waals surface area (Å²) in [6.45, 7) is 6.59. The van der Waals surface area contributed by atoms with Crippen molar-refractivity contribution in [3.8, 4) is 5.75 Å². The van der Waals surface area contributed by atoms with E-state index >= 15 is 0 Å². The van der Waals surface area contributed by atoms with E-state index in [1.54, 1.807) is 7.11 Å². The molecule has 0 spiro atoms. The number of hydrogen-bond donors (Lipinski definition) is 1. The molecule has 1 aliphatic heterocycles. The van der Waals surface area contributed by atoms with E-state index in [1.807, 2.05) is 12.1 Å². The smallest absolute Gasteiger partial charge is 0.119 e. The van der Waals surface area contributed by atoms with Crippen LogP contribution in [0, 0.1) is 0 Å². The third kappa shape index (κ3) is 3.76. The first-order valence-electron chi connectivity index (χ1n) is 7.59. The molecule has 1 heterocycles. The fourth-order valence-corrected chi connectivity index (χ4v) is 3.32. The SMILES string of the molecule is COc1cccc(CN(C)C2(CN)CCOC(C)(C)C2)c1. The van der Waals surface area contributed by atoms with Crippen LogP contribution in [0.4, 0.5) is 0 Å². The van der Waals surface area contributed by atoms with Gasteiger partial charge in [-0.1, -0.05) is 12.1 Å². The van der Waals surface area contributed by atoms with Crippen LogP contribution in [0.25, 0.3) is 0 Å². The van der Waals surface area contributed by atoms with Gasteiger partial charge in [0, 0.05) is 25.2 Å². The van der Waals surface area contributed by atoms with Crippen LogP contribution in [0.15, 0.2) is 24.3 Å². The lowest BCUT2D eigenvalue weighted by Crippen LogP contribution is -2.59. The lowest BCUT2D eigenvalue weighted by atomic mass is 9.80. The molecule has 1 aromatic rings. The minimum atomic E-state index is -0.111. The van der Waals surface area contributed by atoms with Gasteiger partial charge in [0.2, 0.25) is 0 Å². The molecule has 2 rings (SSSR count). The predicted octanol–water partition coefficient (Wildman–Crippen LogP) is 2.41. The van der Waals surface area contributed by atoms with Crippen molar-refractivity contribution < 1.29 is 9.47 Å². The third-order valence-electron chi connectivity index (χ3n) is 4.56. The second-order valence-electron chi connectivity index (χ2n) is 6.67. The average Bonchev–Trinajstić information content (AvgIpc) is 2.46. The van der Waals surface area contributed by atoms with E-state index in [9.17, 15) is 0 Å². The summed E-state index contributed by atoms with van der Waals surface area (Å²) in [5.74, 6) is 0.898. The van der Waals surface area contributed by atoms with Crippen LogP contribution in [0.2, 0.25) is 0 Å². The average molecular weight is 292 g/mol. The molecule has 1 saturated heterocycles. The first-order valence-corrected chi connectivity index (χ1v) is 7.59. The highest BCUT2D eigenvalue weighted by atomic mass is 16.5. The lowest BCUT2D eigenvalue weighted by Gasteiger charge is -2.49. The van der Waals surface area contributed by atoms with Crippen LogP contribution in [0.1, 0.15) is 32.3 Å². The molecule has 1 aliphatic rings. The Kier molecular flexibility index (Phi) is 4.91. The maximum absolute atomic E-state index is 6.15. The number of benzene rings is 1. The first-order chi connectivity index (χ1) is 9.91. The molecule has 0 amide bonds. The van der Waals surface area contributed by atoms with Crippen LogP contribution >= 0.6 is 0 Å². The quantitative estimate of drug-likeness (QED) is 0.905. The van der Waals surface area contributed by atoms with Crippen LogP contribution in [0.3, 0.4) is 0 Å². The van der Waals surface area contributed by atoms with E-state index < -0.39 is 0 Å². The fourth-order valence-electron chi connectivity index (χ4n) is 3.32. The maximum Gasteiger partial charge on any atom is 0.119 e. The zero-order chi connectivity index (χ0) is 15.5. The van der Waals surface area contributed by atoms with E-state index in [4.69, 9.17) is 15.2 Å². The van der Waals surface area contributed by atoms with Crippen molar-refractivity contribution in [2.24, 2.45) is 5.73 Å². The molecule has 118 valence electrons. The van der Waals surface area contributed by atoms with Crippen LogP contribution in [-0.4, -0.2) is 43.3 Å². The largest absolute Gasteiger partial charge is 0.497 e. The molecule has 0 bridgehead atoms. The third-order valence-corrected chi connectivity index (χ3v) is 4.56. The molecule has 0 radical (unpaired) electrons. The van der Waals surface area contributed by atoms with E-state index in [0.717, 1.165) is 31.7 Å². The maximum atomic E-state index is 6.15. The normalized spacial score (nSPS) is 25.0. The van der Waals surface area contributed by atoms with Gasteiger partial charge in [-0.25, -0.2) is 0 Å². The van der Waals surface area contributed by atoms with E-state index in [-0.39, 0.29) is 11.1 Å². The Labute approximate surface area is 128 Å². The summed E-state index contributed by atoms with van der Waals surface area (Å²) < 4.78 is 11.2. The lowest BCUT2D eigenvalue weighted by molar-refractivity contribution is -0.115. The molecule has 0 aliphatic carbocycles. The molecule has 4 heteroatoms. The zero-order valence-electron chi connectivity index (χ0n) is 13.7. The molecular weight excluding hydrogens is 264 g/mol. The Morgan fingerprint density at radius 3 is 2.76 bits per heavy atom. The van der Waals surface area contributed by atoms with Crippen LogP contribution < -0.4 is 10.5 Å². The fraction of sp³-hybridized carbons (Fsp3) is 0.647. The van der Waals surface area contributed by atoms with Gasteiger partial charge in [-0.2, -0.15) is 0 Å². The first kappa shape index (κ1) is 16.3. The van der Waals surface area contributed by atoms with Gasteiger partial charge in [-0.05, 0) is 51.4 Å². The molecule has 0 saturated carbocycles. The molecule has 1 aromatic carbocycles. The molecule has 4 nitrogen and oxygen atoms in total. The predicted molar refractivity (Wildman–Crippen MR) is 85.5 cm³/mol. The van der Waals surface area contributed by atoms with Gasteiger partial charge in [0.25, 0.3) is 0 Å². The summed E-state index contributed by atoms with van der Waals surface area (Å²) in [4.78, 5) is 2.38. The van der Waals surface area contributed by atoms with Crippen molar-refractivity contribution in [1.29, 1.82) is 0 Å². The molecular formula is C17H28N2O2. The number of likely N-dealkylation sites (N-methyl/N-ethyl adjacent to an activating group) is 1. The standard InChI is InChI=1S/C17H28N2O2/c1-16(2)12-17(13-18,8-9-21-16)19(3)11-14-6-5-7-15(10-14)20-4/h5-7,10H,8-9,11-13,18H2,1-4H3. The highest BCUT2D eigenvalue weighted by Gasteiger charge is 2.42. The van der Waals surface area contributed by atoms with E-state index in [2.05, 4.69) is 37.9 Å². The van der Waals surface area contributed by atoms with Crippen molar-refractivity contribution in [3.05, 3.63) is 29.8 Å². The molecule has 1 atom stereocenters. The van der Waals surface area contributed by atoms with Crippen molar-refractivity contribution in [2.75, 3.05) is 27.3 Å². The topological polar surface area (TPSA) is 47.7 Å². The summed E-state index contributed by atoms with van der Waals surface area (Å²) in [5.41, 5.74) is 7.29. The van der Waals surface area contributed by atoms with Crippen molar-refractivity contribution in [3.63, 3.8) is 0 Å². The summed E-state index contributed by atoms with van der Waals surface area (Å²) in [5, 5.41) is 0. The second-order valence-corrected chi connectivity index (χ2v) is 6.67. The Morgan fingerprint density at radius 1 is 1.38 bits per heavy atom. The number of ether oxygens (including phenoxy) is 2. The Bertz CT molecular complexity index is 476. The van der Waals surface area contributed by atoms with Gasteiger partial charge in [0.05, 0.1) is 12.7 Å². The van der Waals surface area contributed by atoms with E-state index in [1.165, 1.54) is 5.56 Å². The van der Waals surface area contributed by atoms with Gasteiger partial charge < -0.3 is 15.2 Å². The summed E-state index contributed by atoms with van der Waals surface area (Å²) in [6, 6.07) is 8.23. The zero-order valence-corrected chi connectivity index (χ0v) is 13.7. The highest BCUT2D eigenvalue weighted by Crippen LogP contribution is 2.36. The highest BCUT2D eigenvalue weighted by molar-refractivity contribution is 5.28. The Balaban J connectivity index is 2.14. The van der Waals surface area contributed by atoms with Gasteiger partial charge >= 0.3 is 0 Å². The Hall–Kier alpha value is -1.10.